The number of hydrogen-bond donors (Lipinski definition) is 2. The van der Waals surface area contributed by atoms with Crippen molar-refractivity contribution in [2.24, 2.45) is 5.73 Å². The standard InChI is InChI=1S/C13H8Br2F2N2S/c14-6-1-2-8(13(18)20)11(3-6)19-12-9(15)4-7(16)5-10(12)17/h1-5,19H,(H2,18,20). The van der Waals surface area contributed by atoms with Gasteiger partial charge in [-0.2, -0.15) is 0 Å². The van der Waals surface area contributed by atoms with E-state index in [1.165, 1.54) is 6.07 Å². The molecule has 0 saturated carbocycles. The molecule has 0 radical (unpaired) electrons. The number of nitrogens with two attached hydrogens (primary N) is 1. The topological polar surface area (TPSA) is 38.0 Å². The van der Waals surface area contributed by atoms with Gasteiger partial charge in [0.25, 0.3) is 0 Å². The van der Waals surface area contributed by atoms with Gasteiger partial charge in [-0.05, 0) is 40.2 Å². The minimum Gasteiger partial charge on any atom is -0.389 e. The third-order valence-electron chi connectivity index (χ3n) is 2.51. The van der Waals surface area contributed by atoms with Crippen LogP contribution in [0.25, 0.3) is 0 Å². The Kier molecular flexibility index (Phi) is 4.72. The molecule has 0 aliphatic heterocycles. The summed E-state index contributed by atoms with van der Waals surface area (Å²) in [4.78, 5) is 0.179. The van der Waals surface area contributed by atoms with Gasteiger partial charge in [-0.1, -0.05) is 28.1 Å². The molecular formula is C13H8Br2F2N2S. The minimum absolute atomic E-state index is 0.113. The van der Waals surface area contributed by atoms with Gasteiger partial charge in [-0.25, -0.2) is 8.78 Å². The minimum atomic E-state index is -0.717. The SMILES string of the molecule is NC(=S)c1ccc(Br)cc1Nc1c(F)cc(F)cc1Br. The van der Waals surface area contributed by atoms with Crippen molar-refractivity contribution in [1.82, 2.24) is 0 Å². The van der Waals surface area contributed by atoms with E-state index in [9.17, 15) is 8.78 Å². The molecule has 7 heteroatoms. The lowest BCUT2D eigenvalue weighted by Crippen LogP contribution is -2.12. The summed E-state index contributed by atoms with van der Waals surface area (Å²) in [6.07, 6.45) is 0. The van der Waals surface area contributed by atoms with Crippen molar-refractivity contribution in [3.8, 4) is 0 Å². The maximum absolute atomic E-state index is 13.8. The zero-order valence-electron chi connectivity index (χ0n) is 9.88. The summed E-state index contributed by atoms with van der Waals surface area (Å²) in [7, 11) is 0. The Hall–Kier alpha value is -1.05. The number of thiocarbonyl (C=S) groups is 1. The molecule has 0 heterocycles. The highest BCUT2D eigenvalue weighted by molar-refractivity contribution is 9.10. The summed E-state index contributed by atoms with van der Waals surface area (Å²) in [5, 5.41) is 2.87. The molecule has 2 aromatic rings. The largest absolute Gasteiger partial charge is 0.389 e. The van der Waals surface area contributed by atoms with E-state index >= 15 is 0 Å². The molecule has 0 amide bonds. The Bertz CT molecular complexity index is 669. The first kappa shape index (κ1) is 15.3. The van der Waals surface area contributed by atoms with Crippen LogP contribution in [0.2, 0.25) is 0 Å². The monoisotopic (exact) mass is 420 g/mol. The normalized spacial score (nSPS) is 10.4. The van der Waals surface area contributed by atoms with Gasteiger partial charge >= 0.3 is 0 Å². The van der Waals surface area contributed by atoms with Gasteiger partial charge in [-0.3, -0.25) is 0 Å². The first-order valence-electron chi connectivity index (χ1n) is 5.39. The summed E-state index contributed by atoms with van der Waals surface area (Å²) >= 11 is 11.4. The van der Waals surface area contributed by atoms with Crippen molar-refractivity contribution >= 4 is 60.4 Å². The summed E-state index contributed by atoms with van der Waals surface area (Å²) in [5.41, 5.74) is 6.84. The fourth-order valence-electron chi connectivity index (χ4n) is 1.63. The molecule has 0 fully saturated rings. The van der Waals surface area contributed by atoms with Crippen molar-refractivity contribution in [2.45, 2.75) is 0 Å². The van der Waals surface area contributed by atoms with Crippen molar-refractivity contribution in [2.75, 3.05) is 5.32 Å². The van der Waals surface area contributed by atoms with Crippen LogP contribution >= 0.6 is 44.1 Å². The van der Waals surface area contributed by atoms with E-state index < -0.39 is 11.6 Å². The second-order valence-electron chi connectivity index (χ2n) is 3.92. The van der Waals surface area contributed by atoms with Crippen LogP contribution in [0.3, 0.4) is 0 Å². The lowest BCUT2D eigenvalue weighted by molar-refractivity contribution is 0.584. The maximum Gasteiger partial charge on any atom is 0.150 e. The van der Waals surface area contributed by atoms with Crippen LogP contribution < -0.4 is 11.1 Å². The van der Waals surface area contributed by atoms with E-state index in [4.69, 9.17) is 18.0 Å². The Labute approximate surface area is 136 Å². The van der Waals surface area contributed by atoms with E-state index in [0.29, 0.717) is 11.3 Å². The van der Waals surface area contributed by atoms with Crippen LogP contribution in [0.15, 0.2) is 39.3 Å². The van der Waals surface area contributed by atoms with Crippen LogP contribution in [0.4, 0.5) is 20.2 Å². The van der Waals surface area contributed by atoms with Crippen molar-refractivity contribution in [3.63, 3.8) is 0 Å². The molecule has 0 aliphatic carbocycles. The number of anilines is 2. The smallest absolute Gasteiger partial charge is 0.150 e. The lowest BCUT2D eigenvalue weighted by Gasteiger charge is -2.14. The first-order chi connectivity index (χ1) is 9.38. The molecule has 0 spiro atoms. The van der Waals surface area contributed by atoms with Gasteiger partial charge in [0.15, 0.2) is 5.82 Å². The molecule has 0 bridgehead atoms. The molecule has 2 nitrogen and oxygen atoms in total. The summed E-state index contributed by atoms with van der Waals surface area (Å²) in [6, 6.07) is 7.17. The molecule has 0 aliphatic rings. The highest BCUT2D eigenvalue weighted by Crippen LogP contribution is 2.32. The second-order valence-corrected chi connectivity index (χ2v) is 6.13. The molecular weight excluding hydrogens is 414 g/mol. The zero-order valence-corrected chi connectivity index (χ0v) is 13.9. The van der Waals surface area contributed by atoms with E-state index in [2.05, 4.69) is 37.2 Å². The van der Waals surface area contributed by atoms with Gasteiger partial charge in [-0.15, -0.1) is 0 Å². The summed E-state index contributed by atoms with van der Waals surface area (Å²) < 4.78 is 27.9. The fraction of sp³-hybridized carbons (Fsp3) is 0. The molecule has 0 saturated heterocycles. The van der Waals surface area contributed by atoms with Gasteiger partial charge in [0.1, 0.15) is 10.8 Å². The molecule has 2 rings (SSSR count). The predicted octanol–water partition coefficient (Wildman–Crippen LogP) is 4.87. The molecule has 0 aromatic heterocycles. The first-order valence-corrected chi connectivity index (χ1v) is 7.39. The van der Waals surface area contributed by atoms with E-state index in [1.807, 2.05) is 0 Å². The average molecular weight is 422 g/mol. The maximum atomic E-state index is 13.8. The van der Waals surface area contributed by atoms with Gasteiger partial charge in [0.2, 0.25) is 0 Å². The van der Waals surface area contributed by atoms with Gasteiger partial charge < -0.3 is 11.1 Å². The van der Waals surface area contributed by atoms with Crippen molar-refractivity contribution < 1.29 is 8.78 Å². The summed E-state index contributed by atoms with van der Waals surface area (Å²) in [6.45, 7) is 0. The Balaban J connectivity index is 2.50. The van der Waals surface area contributed by atoms with Crippen LogP contribution in [0.1, 0.15) is 5.56 Å². The predicted molar refractivity (Wildman–Crippen MR) is 87.4 cm³/mol. The van der Waals surface area contributed by atoms with Gasteiger partial charge in [0, 0.05) is 26.3 Å². The second kappa shape index (κ2) is 6.15. The third-order valence-corrected chi connectivity index (χ3v) is 3.85. The van der Waals surface area contributed by atoms with Crippen LogP contribution in [-0.2, 0) is 0 Å². The number of nitrogens with one attached hydrogen (secondary N) is 1. The van der Waals surface area contributed by atoms with Crippen molar-refractivity contribution in [1.29, 1.82) is 0 Å². The summed E-state index contributed by atoms with van der Waals surface area (Å²) in [5.74, 6) is -1.38. The van der Waals surface area contributed by atoms with Crippen LogP contribution in [0.5, 0.6) is 0 Å². The zero-order chi connectivity index (χ0) is 14.9. The fourth-order valence-corrected chi connectivity index (χ4v) is 2.68. The number of hydrogen-bond acceptors (Lipinski definition) is 2. The number of halogens is 4. The molecule has 20 heavy (non-hydrogen) atoms. The number of benzene rings is 2. The quantitative estimate of drug-likeness (QED) is 0.694. The molecule has 2 aromatic carbocycles. The molecule has 0 unspecified atom stereocenters. The molecule has 3 N–H and O–H groups in total. The Morgan fingerprint density at radius 3 is 2.45 bits per heavy atom. The molecule has 104 valence electrons. The Morgan fingerprint density at radius 1 is 1.15 bits per heavy atom. The highest BCUT2D eigenvalue weighted by Gasteiger charge is 2.13. The van der Waals surface area contributed by atoms with Crippen LogP contribution in [0, 0.1) is 11.6 Å². The van der Waals surface area contributed by atoms with E-state index in [0.717, 1.165) is 10.5 Å². The lowest BCUT2D eigenvalue weighted by atomic mass is 10.1. The molecule has 0 atom stereocenters. The van der Waals surface area contributed by atoms with E-state index in [-0.39, 0.29) is 15.1 Å². The van der Waals surface area contributed by atoms with Crippen LogP contribution in [-0.4, -0.2) is 4.99 Å². The van der Waals surface area contributed by atoms with E-state index in [1.54, 1.807) is 18.2 Å². The van der Waals surface area contributed by atoms with Gasteiger partial charge in [0.05, 0.1) is 5.69 Å². The number of rotatable bonds is 3. The third kappa shape index (κ3) is 3.34. The highest BCUT2D eigenvalue weighted by atomic mass is 79.9. The van der Waals surface area contributed by atoms with Crippen molar-refractivity contribution in [3.05, 3.63) is 56.5 Å². The average Bonchev–Trinajstić information content (AvgIpc) is 2.33. The Morgan fingerprint density at radius 2 is 1.85 bits per heavy atom.